The van der Waals surface area contributed by atoms with E-state index in [1.807, 2.05) is 6.08 Å². The van der Waals surface area contributed by atoms with Crippen LogP contribution < -0.4 is 0 Å². The maximum atomic E-state index is 11.8. The molecule has 0 aromatic rings. The van der Waals surface area contributed by atoms with E-state index in [1.165, 1.54) is 13.8 Å². The molecule has 0 heterocycles. The SMILES string of the molecule is CC/C=C\C/C=C\C/C=C\C/C=C\C/C=C\CCCC(=O)OC(C)OC(=O)C(=O)CCC(C)=O. The Balaban J connectivity index is 3.81. The summed E-state index contributed by atoms with van der Waals surface area (Å²) in [6, 6.07) is 0. The number of rotatable bonds is 19. The normalized spacial score (nSPS) is 12.9. The quantitative estimate of drug-likeness (QED) is 0.0723. The summed E-state index contributed by atoms with van der Waals surface area (Å²) in [5.74, 6) is -2.59. The number of Topliss-reactive ketones (excluding diaryl/α,β-unsaturated/α-hetero) is 2. The fraction of sp³-hybridized carbons (Fsp3) is 0.500. The first-order valence-electron chi connectivity index (χ1n) is 12.0. The summed E-state index contributed by atoms with van der Waals surface area (Å²) in [4.78, 5) is 45.7. The summed E-state index contributed by atoms with van der Waals surface area (Å²) in [5, 5.41) is 0. The number of ether oxygens (including phenoxy) is 2. The third-order valence-electron chi connectivity index (χ3n) is 4.41. The van der Waals surface area contributed by atoms with Crippen LogP contribution in [0.2, 0.25) is 0 Å². The van der Waals surface area contributed by atoms with E-state index in [4.69, 9.17) is 9.47 Å². The first kappa shape index (κ1) is 31.0. The number of carbonyl (C=O) groups is 4. The van der Waals surface area contributed by atoms with Crippen LogP contribution in [-0.4, -0.2) is 29.8 Å². The Hall–Kier alpha value is -3.02. The number of esters is 2. The van der Waals surface area contributed by atoms with Crippen molar-refractivity contribution in [2.24, 2.45) is 0 Å². The van der Waals surface area contributed by atoms with Crippen LogP contribution in [0.3, 0.4) is 0 Å². The molecule has 0 saturated carbocycles. The Morgan fingerprint density at radius 3 is 1.68 bits per heavy atom. The summed E-state index contributed by atoms with van der Waals surface area (Å²) in [7, 11) is 0. The van der Waals surface area contributed by atoms with Gasteiger partial charge in [-0.05, 0) is 51.9 Å². The molecule has 0 rings (SSSR count). The molecule has 1 atom stereocenters. The zero-order chi connectivity index (χ0) is 25.4. The van der Waals surface area contributed by atoms with Gasteiger partial charge in [-0.2, -0.15) is 0 Å². The van der Waals surface area contributed by atoms with E-state index in [0.717, 1.165) is 38.5 Å². The molecule has 0 fully saturated rings. The molecule has 0 aliphatic rings. The third-order valence-corrected chi connectivity index (χ3v) is 4.41. The minimum atomic E-state index is -1.14. The number of hydrogen-bond donors (Lipinski definition) is 0. The number of unbranched alkanes of at least 4 members (excludes halogenated alkanes) is 1. The van der Waals surface area contributed by atoms with Gasteiger partial charge in [-0.15, -0.1) is 0 Å². The lowest BCUT2D eigenvalue weighted by Crippen LogP contribution is -2.26. The summed E-state index contributed by atoms with van der Waals surface area (Å²) < 4.78 is 9.75. The standard InChI is InChI=1S/C28H40O6/c1-4-5-6-7-8-9-10-11-12-13-14-15-16-17-18-19-20-21-27(31)33-25(3)34-28(32)26(30)23-22-24(2)29/h5-6,8-9,11-12,14-15,17-18,25H,4,7,10,13,16,19-23H2,1-3H3/b6-5-,9-8-,12-11-,15-14-,18-17-. The van der Waals surface area contributed by atoms with E-state index in [-0.39, 0.29) is 25.0 Å². The van der Waals surface area contributed by atoms with Gasteiger partial charge in [0.2, 0.25) is 12.1 Å². The molecular weight excluding hydrogens is 432 g/mol. The van der Waals surface area contributed by atoms with Gasteiger partial charge in [0.05, 0.1) is 0 Å². The maximum Gasteiger partial charge on any atom is 0.377 e. The van der Waals surface area contributed by atoms with Gasteiger partial charge in [0, 0.05) is 26.2 Å². The highest BCUT2D eigenvalue weighted by Crippen LogP contribution is 2.05. The van der Waals surface area contributed by atoms with Gasteiger partial charge in [-0.25, -0.2) is 4.79 Å². The molecule has 0 saturated heterocycles. The largest absolute Gasteiger partial charge is 0.425 e. The van der Waals surface area contributed by atoms with Crippen molar-refractivity contribution >= 4 is 23.5 Å². The number of ketones is 2. The van der Waals surface area contributed by atoms with Gasteiger partial charge in [-0.1, -0.05) is 67.7 Å². The first-order chi connectivity index (χ1) is 16.4. The predicted molar refractivity (Wildman–Crippen MR) is 135 cm³/mol. The highest BCUT2D eigenvalue weighted by molar-refractivity contribution is 6.33. The number of allylic oxidation sites excluding steroid dienone is 10. The fourth-order valence-electron chi connectivity index (χ4n) is 2.61. The molecule has 0 N–H and O–H groups in total. The van der Waals surface area contributed by atoms with E-state index >= 15 is 0 Å². The van der Waals surface area contributed by atoms with Crippen LogP contribution in [0.4, 0.5) is 0 Å². The van der Waals surface area contributed by atoms with Crippen LogP contribution in [-0.2, 0) is 28.7 Å². The molecule has 0 amide bonds. The Labute approximate surface area is 204 Å². The summed E-state index contributed by atoms with van der Waals surface area (Å²) in [5.41, 5.74) is 0. The molecule has 0 aliphatic carbocycles. The Morgan fingerprint density at radius 1 is 0.676 bits per heavy atom. The van der Waals surface area contributed by atoms with Crippen LogP contribution in [0.1, 0.15) is 85.0 Å². The minimum absolute atomic E-state index is 0.0160. The van der Waals surface area contributed by atoms with E-state index in [0.29, 0.717) is 6.42 Å². The molecule has 0 radical (unpaired) electrons. The molecule has 6 heteroatoms. The molecule has 0 spiro atoms. The average molecular weight is 473 g/mol. The second kappa shape index (κ2) is 21.8. The van der Waals surface area contributed by atoms with Crippen molar-refractivity contribution in [2.45, 2.75) is 91.3 Å². The van der Waals surface area contributed by atoms with Crippen LogP contribution in [0.25, 0.3) is 0 Å². The van der Waals surface area contributed by atoms with Crippen molar-refractivity contribution in [3.8, 4) is 0 Å². The lowest BCUT2D eigenvalue weighted by atomic mass is 10.2. The molecule has 0 aromatic heterocycles. The monoisotopic (exact) mass is 472 g/mol. The molecule has 0 bridgehead atoms. The van der Waals surface area contributed by atoms with E-state index in [9.17, 15) is 19.2 Å². The third kappa shape index (κ3) is 20.9. The Kier molecular flexibility index (Phi) is 19.9. The van der Waals surface area contributed by atoms with Gasteiger partial charge in [0.15, 0.2) is 0 Å². The number of carbonyl (C=O) groups excluding carboxylic acids is 4. The van der Waals surface area contributed by atoms with Gasteiger partial charge >= 0.3 is 11.9 Å². The predicted octanol–water partition coefficient (Wildman–Crippen LogP) is 6.28. The highest BCUT2D eigenvalue weighted by Gasteiger charge is 2.20. The van der Waals surface area contributed by atoms with Crippen molar-refractivity contribution in [1.29, 1.82) is 0 Å². The minimum Gasteiger partial charge on any atom is -0.425 e. The lowest BCUT2D eigenvalue weighted by Gasteiger charge is -2.13. The molecule has 0 aromatic carbocycles. The zero-order valence-corrected chi connectivity index (χ0v) is 20.9. The van der Waals surface area contributed by atoms with Crippen molar-refractivity contribution in [2.75, 3.05) is 0 Å². The fourth-order valence-corrected chi connectivity index (χ4v) is 2.61. The summed E-state index contributed by atoms with van der Waals surface area (Å²) in [6.45, 7) is 4.84. The van der Waals surface area contributed by atoms with Crippen LogP contribution in [0.5, 0.6) is 0 Å². The molecule has 6 nitrogen and oxygen atoms in total. The molecule has 34 heavy (non-hydrogen) atoms. The van der Waals surface area contributed by atoms with Gasteiger partial charge in [0.1, 0.15) is 5.78 Å². The van der Waals surface area contributed by atoms with Crippen molar-refractivity contribution in [1.82, 2.24) is 0 Å². The average Bonchev–Trinajstić information content (AvgIpc) is 2.79. The number of hydrogen-bond acceptors (Lipinski definition) is 6. The molecule has 188 valence electrons. The van der Waals surface area contributed by atoms with Crippen LogP contribution >= 0.6 is 0 Å². The molecule has 1 unspecified atom stereocenters. The van der Waals surface area contributed by atoms with Crippen molar-refractivity contribution in [3.63, 3.8) is 0 Å². The van der Waals surface area contributed by atoms with E-state index < -0.39 is 24.0 Å². The zero-order valence-electron chi connectivity index (χ0n) is 20.9. The topological polar surface area (TPSA) is 86.7 Å². The maximum absolute atomic E-state index is 11.8. The van der Waals surface area contributed by atoms with Crippen LogP contribution in [0, 0.1) is 0 Å². The highest BCUT2D eigenvalue weighted by atomic mass is 16.7. The Morgan fingerprint density at radius 2 is 1.18 bits per heavy atom. The lowest BCUT2D eigenvalue weighted by molar-refractivity contribution is -0.186. The summed E-state index contributed by atoms with van der Waals surface area (Å²) in [6.07, 6.45) is 26.3. The van der Waals surface area contributed by atoms with Gasteiger partial charge in [-0.3, -0.25) is 9.59 Å². The van der Waals surface area contributed by atoms with Gasteiger partial charge in [0.25, 0.3) is 0 Å². The molecule has 0 aliphatic heterocycles. The Bertz CT molecular complexity index is 755. The van der Waals surface area contributed by atoms with Crippen molar-refractivity contribution in [3.05, 3.63) is 60.8 Å². The van der Waals surface area contributed by atoms with Gasteiger partial charge < -0.3 is 14.3 Å². The first-order valence-corrected chi connectivity index (χ1v) is 12.0. The summed E-state index contributed by atoms with van der Waals surface area (Å²) >= 11 is 0. The smallest absolute Gasteiger partial charge is 0.377 e. The second-order valence-electron chi connectivity index (χ2n) is 7.69. The van der Waals surface area contributed by atoms with E-state index in [1.54, 1.807) is 0 Å². The van der Waals surface area contributed by atoms with Crippen molar-refractivity contribution < 1.29 is 28.7 Å². The second-order valence-corrected chi connectivity index (χ2v) is 7.69. The molecular formula is C28H40O6. The van der Waals surface area contributed by atoms with Crippen LogP contribution in [0.15, 0.2) is 60.8 Å². The van der Waals surface area contributed by atoms with E-state index in [2.05, 4.69) is 61.6 Å².